The highest BCUT2D eigenvalue weighted by Gasteiger charge is 2.19. The highest BCUT2D eigenvalue weighted by molar-refractivity contribution is 6.31. The van der Waals surface area contributed by atoms with E-state index in [9.17, 15) is 13.6 Å². The normalized spacial score (nSPS) is 10.7. The lowest BCUT2D eigenvalue weighted by atomic mass is 9.99. The highest BCUT2D eigenvalue weighted by Crippen LogP contribution is 2.27. The molecule has 0 fully saturated rings. The average molecular weight is 268 g/mol. The zero-order valence-electron chi connectivity index (χ0n) is 9.11. The fourth-order valence-corrected chi connectivity index (χ4v) is 1.74. The van der Waals surface area contributed by atoms with Gasteiger partial charge in [-0.15, -0.1) is 0 Å². The van der Waals surface area contributed by atoms with Crippen molar-refractivity contribution < 1.29 is 13.6 Å². The van der Waals surface area contributed by atoms with Gasteiger partial charge in [-0.2, -0.15) is 0 Å². The molecule has 2 rings (SSSR count). The smallest absolute Gasteiger partial charge is 0.264 e. The molecule has 0 atom stereocenters. The standard InChI is InChI=1S/C13H8ClF2NO/c14-9-3-4-10(13(15)16)11(6-9)12(18)8-2-1-5-17-7-8/h1-7,13H. The predicted octanol–water partition coefficient (Wildman–Crippen LogP) is 3.90. The minimum Gasteiger partial charge on any atom is -0.289 e. The summed E-state index contributed by atoms with van der Waals surface area (Å²) in [4.78, 5) is 15.9. The number of halogens is 3. The molecule has 1 heterocycles. The van der Waals surface area contributed by atoms with Crippen molar-refractivity contribution >= 4 is 17.4 Å². The minimum atomic E-state index is -2.72. The van der Waals surface area contributed by atoms with Crippen molar-refractivity contribution in [2.24, 2.45) is 0 Å². The molecule has 1 aromatic carbocycles. The molecule has 0 radical (unpaired) electrons. The topological polar surface area (TPSA) is 30.0 Å². The van der Waals surface area contributed by atoms with E-state index in [1.807, 2.05) is 0 Å². The number of alkyl halides is 2. The van der Waals surface area contributed by atoms with Gasteiger partial charge in [-0.1, -0.05) is 17.7 Å². The molecular weight excluding hydrogens is 260 g/mol. The molecule has 0 N–H and O–H groups in total. The van der Waals surface area contributed by atoms with Gasteiger partial charge in [0.15, 0.2) is 5.78 Å². The van der Waals surface area contributed by atoms with E-state index in [2.05, 4.69) is 4.98 Å². The number of pyridine rings is 1. The zero-order chi connectivity index (χ0) is 13.1. The Labute approximate surface area is 107 Å². The maximum atomic E-state index is 12.8. The van der Waals surface area contributed by atoms with Crippen molar-refractivity contribution in [1.29, 1.82) is 0 Å². The third kappa shape index (κ3) is 2.54. The summed E-state index contributed by atoms with van der Waals surface area (Å²) in [6, 6.07) is 6.84. The number of aromatic nitrogens is 1. The van der Waals surface area contributed by atoms with E-state index in [0.717, 1.165) is 6.07 Å². The zero-order valence-corrected chi connectivity index (χ0v) is 9.86. The molecule has 0 spiro atoms. The third-order valence-electron chi connectivity index (χ3n) is 2.42. The van der Waals surface area contributed by atoms with E-state index in [4.69, 9.17) is 11.6 Å². The summed E-state index contributed by atoms with van der Waals surface area (Å²) in [6.45, 7) is 0. The molecule has 92 valence electrons. The average Bonchev–Trinajstić information content (AvgIpc) is 2.38. The summed E-state index contributed by atoms with van der Waals surface area (Å²) in [5, 5.41) is 0.242. The second kappa shape index (κ2) is 5.23. The van der Waals surface area contributed by atoms with Crippen molar-refractivity contribution in [3.05, 3.63) is 64.4 Å². The van der Waals surface area contributed by atoms with E-state index in [1.165, 1.54) is 30.6 Å². The van der Waals surface area contributed by atoms with Crippen LogP contribution in [0.15, 0.2) is 42.7 Å². The number of carbonyl (C=O) groups is 1. The lowest BCUT2D eigenvalue weighted by Gasteiger charge is -2.08. The Balaban J connectivity index is 2.50. The van der Waals surface area contributed by atoms with Crippen LogP contribution in [0.25, 0.3) is 0 Å². The summed E-state index contributed by atoms with van der Waals surface area (Å²) in [5.41, 5.74) is -0.166. The molecule has 0 saturated heterocycles. The SMILES string of the molecule is O=C(c1cccnc1)c1cc(Cl)ccc1C(F)F. The molecule has 0 amide bonds. The number of ketones is 1. The second-order valence-electron chi connectivity index (χ2n) is 3.60. The first-order valence-corrected chi connectivity index (χ1v) is 5.49. The largest absolute Gasteiger partial charge is 0.289 e. The third-order valence-corrected chi connectivity index (χ3v) is 2.65. The molecule has 0 bridgehead atoms. The lowest BCUT2D eigenvalue weighted by Crippen LogP contribution is -2.06. The van der Waals surface area contributed by atoms with Gasteiger partial charge in [0, 0.05) is 34.1 Å². The van der Waals surface area contributed by atoms with E-state index < -0.39 is 12.2 Å². The maximum absolute atomic E-state index is 12.8. The van der Waals surface area contributed by atoms with E-state index in [1.54, 1.807) is 6.07 Å². The monoisotopic (exact) mass is 267 g/mol. The molecule has 5 heteroatoms. The van der Waals surface area contributed by atoms with Crippen LogP contribution in [0.4, 0.5) is 8.78 Å². The summed E-state index contributed by atoms with van der Waals surface area (Å²) in [6.07, 6.45) is 0.110. The van der Waals surface area contributed by atoms with Gasteiger partial charge in [0.05, 0.1) is 0 Å². The van der Waals surface area contributed by atoms with E-state index in [0.29, 0.717) is 0 Å². The Morgan fingerprint density at radius 1 is 1.28 bits per heavy atom. The summed E-state index contributed by atoms with van der Waals surface area (Å²) in [5.74, 6) is -0.513. The number of nitrogens with zero attached hydrogens (tertiary/aromatic N) is 1. The summed E-state index contributed by atoms with van der Waals surface area (Å²) >= 11 is 5.74. The summed E-state index contributed by atoms with van der Waals surface area (Å²) < 4.78 is 25.6. The van der Waals surface area contributed by atoms with E-state index >= 15 is 0 Å². The van der Waals surface area contributed by atoms with Crippen LogP contribution in [0.2, 0.25) is 5.02 Å². The van der Waals surface area contributed by atoms with Crippen LogP contribution in [-0.4, -0.2) is 10.8 Å². The van der Waals surface area contributed by atoms with Crippen LogP contribution in [0.3, 0.4) is 0 Å². The second-order valence-corrected chi connectivity index (χ2v) is 4.04. The highest BCUT2D eigenvalue weighted by atomic mass is 35.5. The Bertz CT molecular complexity index is 572. The van der Waals surface area contributed by atoms with Crippen molar-refractivity contribution in [3.8, 4) is 0 Å². The van der Waals surface area contributed by atoms with Crippen molar-refractivity contribution in [3.63, 3.8) is 0 Å². The molecule has 0 saturated carbocycles. The van der Waals surface area contributed by atoms with Crippen LogP contribution in [0.1, 0.15) is 27.9 Å². The molecule has 0 aliphatic rings. The number of rotatable bonds is 3. The first-order valence-electron chi connectivity index (χ1n) is 5.12. The lowest BCUT2D eigenvalue weighted by molar-refractivity contribution is 0.102. The molecule has 2 nitrogen and oxygen atoms in total. The first-order chi connectivity index (χ1) is 8.59. The van der Waals surface area contributed by atoms with Crippen molar-refractivity contribution in [2.75, 3.05) is 0 Å². The number of benzene rings is 1. The van der Waals surface area contributed by atoms with Crippen LogP contribution in [-0.2, 0) is 0 Å². The Morgan fingerprint density at radius 3 is 2.67 bits per heavy atom. The number of hydrogen-bond donors (Lipinski definition) is 0. The fraction of sp³-hybridized carbons (Fsp3) is 0.0769. The number of carbonyl (C=O) groups excluding carboxylic acids is 1. The van der Waals surface area contributed by atoms with Gasteiger partial charge < -0.3 is 0 Å². The van der Waals surface area contributed by atoms with Crippen LogP contribution < -0.4 is 0 Å². The minimum absolute atomic E-state index is 0.0921. The van der Waals surface area contributed by atoms with Crippen LogP contribution in [0.5, 0.6) is 0 Å². The molecule has 1 aromatic heterocycles. The predicted molar refractivity (Wildman–Crippen MR) is 64.1 cm³/mol. The fourth-order valence-electron chi connectivity index (χ4n) is 1.57. The quantitative estimate of drug-likeness (QED) is 0.790. The van der Waals surface area contributed by atoms with Gasteiger partial charge in [-0.05, 0) is 24.3 Å². The molecular formula is C13H8ClF2NO. The number of hydrogen-bond acceptors (Lipinski definition) is 2. The summed E-state index contributed by atoms with van der Waals surface area (Å²) in [7, 11) is 0. The van der Waals surface area contributed by atoms with Crippen molar-refractivity contribution in [2.45, 2.75) is 6.43 Å². The van der Waals surface area contributed by atoms with Gasteiger partial charge in [0.2, 0.25) is 0 Å². The van der Waals surface area contributed by atoms with Crippen molar-refractivity contribution in [1.82, 2.24) is 4.98 Å². The van der Waals surface area contributed by atoms with E-state index in [-0.39, 0.29) is 21.7 Å². The van der Waals surface area contributed by atoms with Gasteiger partial charge in [-0.3, -0.25) is 9.78 Å². The first kappa shape index (κ1) is 12.6. The van der Waals surface area contributed by atoms with Gasteiger partial charge >= 0.3 is 0 Å². The molecule has 18 heavy (non-hydrogen) atoms. The van der Waals surface area contributed by atoms with Gasteiger partial charge in [-0.25, -0.2) is 8.78 Å². The Kier molecular flexibility index (Phi) is 3.67. The molecule has 0 unspecified atom stereocenters. The molecule has 0 aliphatic carbocycles. The molecule has 2 aromatic rings. The Morgan fingerprint density at radius 2 is 2.06 bits per heavy atom. The molecule has 0 aliphatic heterocycles. The van der Waals surface area contributed by atoms with Crippen LogP contribution >= 0.6 is 11.6 Å². The Hall–Kier alpha value is -1.81. The maximum Gasteiger partial charge on any atom is 0.264 e. The van der Waals surface area contributed by atoms with Gasteiger partial charge in [0.1, 0.15) is 0 Å². The van der Waals surface area contributed by atoms with Crippen LogP contribution in [0, 0.1) is 0 Å². The van der Waals surface area contributed by atoms with Gasteiger partial charge in [0.25, 0.3) is 6.43 Å².